The molecule has 0 aliphatic heterocycles. The largest absolute Gasteiger partial charge is 0.481 e. The molecule has 5 nitrogen and oxygen atoms in total. The third-order valence-electron chi connectivity index (χ3n) is 2.14. The van der Waals surface area contributed by atoms with E-state index in [4.69, 9.17) is 5.11 Å². The van der Waals surface area contributed by atoms with Gasteiger partial charge in [0.15, 0.2) is 0 Å². The molecular weight excluding hydrogens is 222 g/mol. The van der Waals surface area contributed by atoms with Gasteiger partial charge in [-0.1, -0.05) is 12.1 Å². The molecule has 0 spiro atoms. The second-order valence-corrected chi connectivity index (χ2v) is 3.57. The van der Waals surface area contributed by atoms with Crippen molar-refractivity contribution < 1.29 is 19.4 Å². The minimum Gasteiger partial charge on any atom is -0.481 e. The molecule has 1 amide bonds. The smallest absolute Gasteiger partial charge is 0.303 e. The lowest BCUT2D eigenvalue weighted by atomic mass is 10.1. The van der Waals surface area contributed by atoms with Crippen molar-refractivity contribution in [2.24, 2.45) is 0 Å². The first-order valence-electron chi connectivity index (χ1n) is 5.21. The van der Waals surface area contributed by atoms with Gasteiger partial charge in [-0.15, -0.1) is 0 Å². The summed E-state index contributed by atoms with van der Waals surface area (Å²) in [5.74, 6) is -1.03. The highest BCUT2D eigenvalue weighted by Gasteiger charge is 2.02. The molecule has 0 aliphatic carbocycles. The van der Waals surface area contributed by atoms with Gasteiger partial charge in [0.2, 0.25) is 5.91 Å². The van der Waals surface area contributed by atoms with Crippen LogP contribution in [0.5, 0.6) is 0 Å². The molecule has 0 saturated carbocycles. The van der Waals surface area contributed by atoms with Gasteiger partial charge < -0.3 is 15.2 Å². The van der Waals surface area contributed by atoms with Crippen LogP contribution in [0.4, 0.5) is 5.69 Å². The van der Waals surface area contributed by atoms with Crippen molar-refractivity contribution in [3.05, 3.63) is 29.8 Å². The molecule has 0 aromatic heterocycles. The number of amides is 1. The van der Waals surface area contributed by atoms with Gasteiger partial charge in [0.1, 0.15) is 6.61 Å². The normalized spacial score (nSPS) is 9.94. The number of carboxylic acids is 1. The average molecular weight is 237 g/mol. The second kappa shape index (κ2) is 6.65. The number of carbonyl (C=O) groups excluding carboxylic acids is 1. The number of hydrogen-bond donors (Lipinski definition) is 2. The van der Waals surface area contributed by atoms with Crippen LogP contribution < -0.4 is 5.32 Å². The summed E-state index contributed by atoms with van der Waals surface area (Å²) in [6, 6.07) is 7.08. The highest BCUT2D eigenvalue weighted by Crippen LogP contribution is 2.11. The first kappa shape index (κ1) is 13.2. The number of carboxylic acid groups (broad SMARTS) is 1. The van der Waals surface area contributed by atoms with Gasteiger partial charge in [-0.25, -0.2) is 0 Å². The summed E-state index contributed by atoms with van der Waals surface area (Å²) in [4.78, 5) is 21.6. The molecule has 2 N–H and O–H groups in total. The van der Waals surface area contributed by atoms with E-state index in [1.165, 1.54) is 7.11 Å². The third kappa shape index (κ3) is 5.12. The monoisotopic (exact) mass is 237 g/mol. The van der Waals surface area contributed by atoms with Crippen LogP contribution in [0.15, 0.2) is 24.3 Å². The molecule has 0 unspecified atom stereocenters. The van der Waals surface area contributed by atoms with Crippen molar-refractivity contribution >= 4 is 17.6 Å². The van der Waals surface area contributed by atoms with Crippen LogP contribution in [0.2, 0.25) is 0 Å². The molecule has 92 valence electrons. The van der Waals surface area contributed by atoms with Crippen LogP contribution in [-0.2, 0) is 20.7 Å². The maximum atomic E-state index is 11.2. The first-order chi connectivity index (χ1) is 8.11. The highest BCUT2D eigenvalue weighted by molar-refractivity contribution is 5.91. The van der Waals surface area contributed by atoms with E-state index < -0.39 is 5.97 Å². The van der Waals surface area contributed by atoms with Gasteiger partial charge in [0.25, 0.3) is 0 Å². The topological polar surface area (TPSA) is 75.6 Å². The Morgan fingerprint density at radius 3 is 2.47 bits per heavy atom. The maximum absolute atomic E-state index is 11.2. The van der Waals surface area contributed by atoms with Crippen LogP contribution in [-0.4, -0.2) is 30.7 Å². The summed E-state index contributed by atoms with van der Waals surface area (Å²) in [7, 11) is 1.45. The van der Waals surface area contributed by atoms with Gasteiger partial charge >= 0.3 is 5.97 Å². The van der Waals surface area contributed by atoms with Crippen molar-refractivity contribution in [3.8, 4) is 0 Å². The Morgan fingerprint density at radius 1 is 1.29 bits per heavy atom. The fourth-order valence-electron chi connectivity index (χ4n) is 1.33. The van der Waals surface area contributed by atoms with Crippen LogP contribution in [0.25, 0.3) is 0 Å². The number of ether oxygens (including phenoxy) is 1. The Kier molecular flexibility index (Phi) is 5.16. The Bertz CT molecular complexity index is 386. The van der Waals surface area contributed by atoms with E-state index in [1.54, 1.807) is 24.3 Å². The zero-order valence-corrected chi connectivity index (χ0v) is 9.60. The first-order valence-corrected chi connectivity index (χ1v) is 5.21. The van der Waals surface area contributed by atoms with Crippen LogP contribution in [0, 0.1) is 0 Å². The van der Waals surface area contributed by atoms with Crippen LogP contribution in [0.1, 0.15) is 12.0 Å². The zero-order valence-electron chi connectivity index (χ0n) is 9.60. The van der Waals surface area contributed by atoms with E-state index in [0.717, 1.165) is 5.56 Å². The standard InChI is InChI=1S/C12H15NO4/c1-17-8-11(14)13-10-5-2-9(3-6-10)4-7-12(15)16/h2-3,5-6H,4,7-8H2,1H3,(H,13,14)(H,15,16). The maximum Gasteiger partial charge on any atom is 0.303 e. The Balaban J connectivity index is 2.49. The lowest BCUT2D eigenvalue weighted by Gasteiger charge is -2.05. The predicted octanol–water partition coefficient (Wildman–Crippen LogP) is 1.29. The molecule has 1 aromatic rings. The van der Waals surface area contributed by atoms with E-state index in [1.807, 2.05) is 0 Å². The minimum absolute atomic E-state index is 0.0146. The number of carbonyl (C=O) groups is 2. The van der Waals surface area contributed by atoms with Crippen LogP contribution in [0.3, 0.4) is 0 Å². The van der Waals surface area contributed by atoms with E-state index >= 15 is 0 Å². The third-order valence-corrected chi connectivity index (χ3v) is 2.14. The molecule has 5 heteroatoms. The summed E-state index contributed by atoms with van der Waals surface area (Å²) in [5, 5.41) is 11.2. The quantitative estimate of drug-likeness (QED) is 0.781. The average Bonchev–Trinajstić information content (AvgIpc) is 2.28. The lowest BCUT2D eigenvalue weighted by molar-refractivity contribution is -0.137. The highest BCUT2D eigenvalue weighted by atomic mass is 16.5. The molecule has 0 saturated heterocycles. The van der Waals surface area contributed by atoms with Crippen molar-refractivity contribution in [2.45, 2.75) is 12.8 Å². The molecular formula is C12H15NO4. The van der Waals surface area contributed by atoms with E-state index in [9.17, 15) is 9.59 Å². The van der Waals surface area contributed by atoms with E-state index in [2.05, 4.69) is 10.1 Å². The molecule has 17 heavy (non-hydrogen) atoms. The number of anilines is 1. The SMILES string of the molecule is COCC(=O)Nc1ccc(CCC(=O)O)cc1. The van der Waals surface area contributed by atoms with Crippen molar-refractivity contribution in [1.82, 2.24) is 0 Å². The fourth-order valence-corrected chi connectivity index (χ4v) is 1.33. The molecule has 0 fully saturated rings. The van der Waals surface area contributed by atoms with Gasteiger partial charge in [0, 0.05) is 19.2 Å². The lowest BCUT2D eigenvalue weighted by Crippen LogP contribution is -2.16. The number of aryl methyl sites for hydroxylation is 1. The number of aliphatic carboxylic acids is 1. The van der Waals surface area contributed by atoms with Crippen molar-refractivity contribution in [2.75, 3.05) is 19.0 Å². The minimum atomic E-state index is -0.817. The molecule has 0 radical (unpaired) electrons. The van der Waals surface area contributed by atoms with E-state index in [-0.39, 0.29) is 18.9 Å². The fraction of sp³-hybridized carbons (Fsp3) is 0.333. The van der Waals surface area contributed by atoms with Gasteiger partial charge in [-0.2, -0.15) is 0 Å². The van der Waals surface area contributed by atoms with E-state index in [0.29, 0.717) is 12.1 Å². The number of hydrogen-bond acceptors (Lipinski definition) is 3. The number of methoxy groups -OCH3 is 1. The summed E-state index contributed by atoms with van der Waals surface area (Å²) < 4.78 is 4.69. The number of benzene rings is 1. The summed E-state index contributed by atoms with van der Waals surface area (Å²) in [6.07, 6.45) is 0.594. The van der Waals surface area contributed by atoms with Gasteiger partial charge in [-0.3, -0.25) is 9.59 Å². The summed E-state index contributed by atoms with van der Waals surface area (Å²) in [6.45, 7) is 0.0146. The Labute approximate surface area is 99.4 Å². The van der Waals surface area contributed by atoms with Gasteiger partial charge in [-0.05, 0) is 24.1 Å². The molecule has 0 aliphatic rings. The van der Waals surface area contributed by atoms with Crippen molar-refractivity contribution in [1.29, 1.82) is 0 Å². The summed E-state index contributed by atoms with van der Waals surface area (Å²) in [5.41, 5.74) is 1.60. The molecule has 0 bridgehead atoms. The molecule has 0 heterocycles. The number of rotatable bonds is 6. The molecule has 0 atom stereocenters. The predicted molar refractivity (Wildman–Crippen MR) is 62.9 cm³/mol. The zero-order chi connectivity index (χ0) is 12.7. The number of nitrogens with one attached hydrogen (secondary N) is 1. The van der Waals surface area contributed by atoms with Gasteiger partial charge in [0.05, 0.1) is 0 Å². The Hall–Kier alpha value is -1.88. The molecule has 1 aromatic carbocycles. The summed E-state index contributed by atoms with van der Waals surface area (Å²) >= 11 is 0. The Morgan fingerprint density at radius 2 is 1.94 bits per heavy atom. The second-order valence-electron chi connectivity index (χ2n) is 3.57. The van der Waals surface area contributed by atoms with Crippen molar-refractivity contribution in [3.63, 3.8) is 0 Å². The van der Waals surface area contributed by atoms with Crippen LogP contribution >= 0.6 is 0 Å². The molecule has 1 rings (SSSR count).